The SMILES string of the molecule is CC(C)OCCN(C)C1CNc2ccccc2C1. The van der Waals surface area contributed by atoms with Gasteiger partial charge in [0.15, 0.2) is 0 Å². The third-order valence-corrected chi connectivity index (χ3v) is 3.52. The van der Waals surface area contributed by atoms with Gasteiger partial charge in [-0.3, -0.25) is 4.90 Å². The van der Waals surface area contributed by atoms with E-state index >= 15 is 0 Å². The van der Waals surface area contributed by atoms with Gasteiger partial charge in [-0.15, -0.1) is 0 Å². The van der Waals surface area contributed by atoms with Crippen molar-refractivity contribution < 1.29 is 4.74 Å². The Balaban J connectivity index is 1.84. The van der Waals surface area contributed by atoms with Gasteiger partial charge in [0.1, 0.15) is 0 Å². The number of hydrogen-bond acceptors (Lipinski definition) is 3. The van der Waals surface area contributed by atoms with E-state index in [2.05, 4.69) is 55.4 Å². The normalized spacial score (nSPS) is 18.8. The highest BCUT2D eigenvalue weighted by molar-refractivity contribution is 5.53. The van der Waals surface area contributed by atoms with Crippen LogP contribution in [0.4, 0.5) is 5.69 Å². The summed E-state index contributed by atoms with van der Waals surface area (Å²) in [4.78, 5) is 2.39. The van der Waals surface area contributed by atoms with Crippen LogP contribution in [0, 0.1) is 0 Å². The minimum absolute atomic E-state index is 0.323. The van der Waals surface area contributed by atoms with Gasteiger partial charge in [0.2, 0.25) is 0 Å². The number of benzene rings is 1. The number of nitrogens with one attached hydrogen (secondary N) is 1. The van der Waals surface area contributed by atoms with Crippen molar-refractivity contribution in [2.45, 2.75) is 32.4 Å². The standard InChI is InChI=1S/C15H24N2O/c1-12(2)18-9-8-17(3)14-10-13-6-4-5-7-15(13)16-11-14/h4-7,12,14,16H,8-11H2,1-3H3. The van der Waals surface area contributed by atoms with E-state index in [0.29, 0.717) is 12.1 Å². The number of para-hydroxylation sites is 1. The molecule has 3 nitrogen and oxygen atoms in total. The van der Waals surface area contributed by atoms with Crippen molar-refractivity contribution in [3.8, 4) is 0 Å². The highest BCUT2D eigenvalue weighted by atomic mass is 16.5. The first-order valence-corrected chi connectivity index (χ1v) is 6.80. The first-order chi connectivity index (χ1) is 8.66. The second-order valence-electron chi connectivity index (χ2n) is 5.30. The van der Waals surface area contributed by atoms with Crippen LogP contribution < -0.4 is 5.32 Å². The Hall–Kier alpha value is -1.06. The molecule has 1 unspecified atom stereocenters. The minimum Gasteiger partial charge on any atom is -0.383 e. The zero-order chi connectivity index (χ0) is 13.0. The van der Waals surface area contributed by atoms with Crippen molar-refractivity contribution in [1.29, 1.82) is 0 Å². The average Bonchev–Trinajstić information content (AvgIpc) is 2.37. The van der Waals surface area contributed by atoms with Gasteiger partial charge in [-0.1, -0.05) is 18.2 Å². The molecule has 100 valence electrons. The molecule has 0 fully saturated rings. The molecule has 0 radical (unpaired) electrons. The number of anilines is 1. The fraction of sp³-hybridized carbons (Fsp3) is 0.600. The van der Waals surface area contributed by atoms with Crippen molar-refractivity contribution in [2.75, 3.05) is 32.1 Å². The van der Waals surface area contributed by atoms with Gasteiger partial charge >= 0.3 is 0 Å². The molecule has 0 bridgehead atoms. The van der Waals surface area contributed by atoms with Gasteiger partial charge in [0, 0.05) is 24.8 Å². The van der Waals surface area contributed by atoms with Crippen LogP contribution in [0.15, 0.2) is 24.3 Å². The largest absolute Gasteiger partial charge is 0.383 e. The zero-order valence-electron chi connectivity index (χ0n) is 11.6. The van der Waals surface area contributed by atoms with Crippen molar-refractivity contribution in [1.82, 2.24) is 4.90 Å². The number of nitrogens with zero attached hydrogens (tertiary/aromatic N) is 1. The molecule has 0 aliphatic carbocycles. The maximum atomic E-state index is 5.61. The molecule has 3 heteroatoms. The Morgan fingerprint density at radius 2 is 2.17 bits per heavy atom. The first-order valence-electron chi connectivity index (χ1n) is 6.80. The molecule has 2 rings (SSSR count). The molecule has 1 heterocycles. The number of ether oxygens (including phenoxy) is 1. The second-order valence-corrected chi connectivity index (χ2v) is 5.30. The lowest BCUT2D eigenvalue weighted by molar-refractivity contribution is 0.0566. The summed E-state index contributed by atoms with van der Waals surface area (Å²) in [6, 6.07) is 9.15. The Kier molecular flexibility index (Phi) is 4.61. The highest BCUT2D eigenvalue weighted by Gasteiger charge is 2.20. The quantitative estimate of drug-likeness (QED) is 0.866. The lowest BCUT2D eigenvalue weighted by Crippen LogP contribution is -2.43. The summed E-state index contributed by atoms with van der Waals surface area (Å²) in [6.45, 7) is 6.99. The molecule has 1 N–H and O–H groups in total. The number of fused-ring (bicyclic) bond motifs is 1. The molecule has 0 saturated heterocycles. The van der Waals surface area contributed by atoms with E-state index in [-0.39, 0.29) is 0 Å². The number of hydrogen-bond donors (Lipinski definition) is 1. The van der Waals surface area contributed by atoms with Crippen molar-refractivity contribution in [3.05, 3.63) is 29.8 Å². The van der Waals surface area contributed by atoms with E-state index in [1.807, 2.05) is 0 Å². The van der Waals surface area contributed by atoms with Crippen molar-refractivity contribution >= 4 is 5.69 Å². The summed E-state index contributed by atoms with van der Waals surface area (Å²) in [5, 5.41) is 3.51. The van der Waals surface area contributed by atoms with Crippen LogP contribution >= 0.6 is 0 Å². The zero-order valence-corrected chi connectivity index (χ0v) is 11.6. The Labute approximate surface area is 110 Å². The fourth-order valence-electron chi connectivity index (χ4n) is 2.35. The number of likely N-dealkylation sites (N-methyl/N-ethyl adjacent to an activating group) is 1. The van der Waals surface area contributed by atoms with E-state index < -0.39 is 0 Å². The molecular weight excluding hydrogens is 224 g/mol. The molecule has 0 saturated carbocycles. The Morgan fingerprint density at radius 1 is 1.39 bits per heavy atom. The van der Waals surface area contributed by atoms with E-state index in [0.717, 1.165) is 26.1 Å². The summed E-state index contributed by atoms with van der Waals surface area (Å²) in [7, 11) is 2.18. The van der Waals surface area contributed by atoms with E-state index in [1.54, 1.807) is 0 Å². The summed E-state index contributed by atoms with van der Waals surface area (Å²) >= 11 is 0. The van der Waals surface area contributed by atoms with Gasteiger partial charge in [0.05, 0.1) is 12.7 Å². The van der Waals surface area contributed by atoms with Crippen LogP contribution in [-0.2, 0) is 11.2 Å². The van der Waals surface area contributed by atoms with Crippen LogP contribution in [-0.4, -0.2) is 43.8 Å². The molecule has 1 aromatic rings. The van der Waals surface area contributed by atoms with Gasteiger partial charge in [0.25, 0.3) is 0 Å². The molecule has 1 atom stereocenters. The molecule has 0 spiro atoms. The molecule has 0 aromatic heterocycles. The lowest BCUT2D eigenvalue weighted by atomic mass is 9.99. The summed E-state index contributed by atoms with van der Waals surface area (Å²) in [6.07, 6.45) is 1.45. The van der Waals surface area contributed by atoms with Gasteiger partial charge in [-0.25, -0.2) is 0 Å². The summed E-state index contributed by atoms with van der Waals surface area (Å²) in [5.74, 6) is 0. The topological polar surface area (TPSA) is 24.5 Å². The van der Waals surface area contributed by atoms with Crippen molar-refractivity contribution in [2.24, 2.45) is 0 Å². The predicted molar refractivity (Wildman–Crippen MR) is 76.1 cm³/mol. The number of rotatable bonds is 5. The third-order valence-electron chi connectivity index (χ3n) is 3.52. The molecule has 0 amide bonds. The second kappa shape index (κ2) is 6.21. The lowest BCUT2D eigenvalue weighted by Gasteiger charge is -2.33. The third kappa shape index (κ3) is 3.47. The molecule has 1 aromatic carbocycles. The van der Waals surface area contributed by atoms with Gasteiger partial charge in [-0.2, -0.15) is 0 Å². The highest BCUT2D eigenvalue weighted by Crippen LogP contribution is 2.22. The van der Waals surface area contributed by atoms with E-state index in [4.69, 9.17) is 4.74 Å². The maximum Gasteiger partial charge on any atom is 0.0596 e. The molecule has 18 heavy (non-hydrogen) atoms. The van der Waals surface area contributed by atoms with E-state index in [9.17, 15) is 0 Å². The molecular formula is C15H24N2O. The van der Waals surface area contributed by atoms with Crippen LogP contribution in [0.1, 0.15) is 19.4 Å². The van der Waals surface area contributed by atoms with Crippen LogP contribution in [0.25, 0.3) is 0 Å². The monoisotopic (exact) mass is 248 g/mol. The fourth-order valence-corrected chi connectivity index (χ4v) is 2.35. The molecule has 1 aliphatic rings. The van der Waals surface area contributed by atoms with Crippen molar-refractivity contribution in [3.63, 3.8) is 0 Å². The summed E-state index contributed by atoms with van der Waals surface area (Å²) < 4.78 is 5.61. The Morgan fingerprint density at radius 3 is 2.94 bits per heavy atom. The van der Waals surface area contributed by atoms with Crippen LogP contribution in [0.5, 0.6) is 0 Å². The Bertz CT molecular complexity index is 379. The summed E-state index contributed by atoms with van der Waals surface area (Å²) in [5.41, 5.74) is 2.71. The minimum atomic E-state index is 0.323. The predicted octanol–water partition coefficient (Wildman–Crippen LogP) is 2.38. The van der Waals surface area contributed by atoms with Crippen LogP contribution in [0.2, 0.25) is 0 Å². The van der Waals surface area contributed by atoms with Gasteiger partial charge in [-0.05, 0) is 38.9 Å². The van der Waals surface area contributed by atoms with Crippen LogP contribution in [0.3, 0.4) is 0 Å². The maximum absolute atomic E-state index is 5.61. The smallest absolute Gasteiger partial charge is 0.0596 e. The molecule has 1 aliphatic heterocycles. The average molecular weight is 248 g/mol. The first kappa shape index (κ1) is 13.4. The van der Waals surface area contributed by atoms with E-state index in [1.165, 1.54) is 11.3 Å². The van der Waals surface area contributed by atoms with Gasteiger partial charge < -0.3 is 10.1 Å².